The predicted octanol–water partition coefficient (Wildman–Crippen LogP) is 0.802. The van der Waals surface area contributed by atoms with E-state index in [-0.39, 0.29) is 5.78 Å². The van der Waals surface area contributed by atoms with Gasteiger partial charge in [-0.1, -0.05) is 18.2 Å². The third kappa shape index (κ3) is 1.63. The van der Waals surface area contributed by atoms with Gasteiger partial charge in [-0.25, -0.2) is 4.79 Å². The van der Waals surface area contributed by atoms with Crippen LogP contribution in [0, 0.1) is 0 Å². The van der Waals surface area contributed by atoms with Gasteiger partial charge in [0.25, 0.3) is 0 Å². The molecule has 1 aromatic rings. The summed E-state index contributed by atoms with van der Waals surface area (Å²) in [4.78, 5) is 29.0. The van der Waals surface area contributed by atoms with Crippen LogP contribution in [0.25, 0.3) is 0 Å². The van der Waals surface area contributed by atoms with Gasteiger partial charge in [0.2, 0.25) is 0 Å². The zero-order valence-electron chi connectivity index (χ0n) is 9.80. The van der Waals surface area contributed by atoms with E-state index in [1.807, 2.05) is 6.07 Å². The summed E-state index contributed by atoms with van der Waals surface area (Å²) < 4.78 is 5.09. The van der Waals surface area contributed by atoms with Crippen LogP contribution in [0.5, 0.6) is 0 Å². The molecule has 2 saturated heterocycles. The number of carbonyl (C=O) groups is 2. The van der Waals surface area contributed by atoms with Crippen molar-refractivity contribution < 1.29 is 19.2 Å². The molecule has 0 bridgehead atoms. The van der Waals surface area contributed by atoms with Crippen LogP contribution >= 0.6 is 0 Å². The molecule has 3 rings (SSSR count). The molecule has 2 fully saturated rings. The van der Waals surface area contributed by atoms with Crippen LogP contribution < -0.4 is 0 Å². The molecule has 0 N–H and O–H groups in total. The minimum atomic E-state index is -0.718. The minimum Gasteiger partial charge on any atom is -0.376 e. The highest BCUT2D eigenvalue weighted by molar-refractivity contribution is 5.93. The number of Topliss-reactive ketones (excluding diaryl/α,β-unsaturated/α-hetero) is 1. The van der Waals surface area contributed by atoms with Crippen molar-refractivity contribution in [3.8, 4) is 0 Å². The summed E-state index contributed by atoms with van der Waals surface area (Å²) in [6.45, 7) is 1.07. The number of benzene rings is 1. The molecule has 0 amide bonds. The van der Waals surface area contributed by atoms with E-state index in [1.54, 1.807) is 24.3 Å². The van der Waals surface area contributed by atoms with Crippen LogP contribution in [0.3, 0.4) is 0 Å². The van der Waals surface area contributed by atoms with E-state index in [1.165, 1.54) is 5.06 Å². The molecule has 0 aromatic heterocycles. The first-order valence-electron chi connectivity index (χ1n) is 5.88. The fourth-order valence-electron chi connectivity index (χ4n) is 2.25. The Morgan fingerprint density at radius 3 is 2.61 bits per heavy atom. The van der Waals surface area contributed by atoms with E-state index >= 15 is 0 Å². The Kier molecular flexibility index (Phi) is 2.65. The van der Waals surface area contributed by atoms with Crippen LogP contribution in [0.1, 0.15) is 16.8 Å². The number of ketones is 1. The summed E-state index contributed by atoms with van der Waals surface area (Å²) in [6.07, 6.45) is 0.408. The molecule has 1 spiro atoms. The predicted molar refractivity (Wildman–Crippen MR) is 61.7 cm³/mol. The fourth-order valence-corrected chi connectivity index (χ4v) is 2.25. The molecule has 0 unspecified atom stereocenters. The van der Waals surface area contributed by atoms with Gasteiger partial charge >= 0.3 is 5.97 Å². The Labute approximate surface area is 104 Å². The summed E-state index contributed by atoms with van der Waals surface area (Å²) in [7, 11) is 0. The van der Waals surface area contributed by atoms with E-state index in [2.05, 4.69) is 0 Å². The van der Waals surface area contributed by atoms with Crippen LogP contribution in [0.15, 0.2) is 30.3 Å². The normalized spacial score (nSPS) is 21.9. The topological polar surface area (TPSA) is 55.8 Å². The number of nitrogens with zero attached hydrogens (tertiary/aromatic N) is 1. The molecule has 0 saturated carbocycles. The van der Waals surface area contributed by atoms with Gasteiger partial charge in [0, 0.05) is 13.0 Å². The zero-order chi connectivity index (χ0) is 12.6. The maximum absolute atomic E-state index is 11.9. The average Bonchev–Trinajstić information content (AvgIpc) is 2.67. The monoisotopic (exact) mass is 247 g/mol. The lowest BCUT2D eigenvalue weighted by Crippen LogP contribution is -2.62. The number of ether oxygens (including phenoxy) is 1. The van der Waals surface area contributed by atoms with Crippen LogP contribution in [0.2, 0.25) is 0 Å². The quantitative estimate of drug-likeness (QED) is 0.773. The second-order valence-electron chi connectivity index (χ2n) is 4.54. The molecule has 1 aromatic carbocycles. The van der Waals surface area contributed by atoms with Gasteiger partial charge in [-0.3, -0.25) is 4.79 Å². The molecule has 2 aliphatic rings. The molecule has 0 radical (unpaired) electrons. The van der Waals surface area contributed by atoms with Gasteiger partial charge in [0.05, 0.1) is 18.8 Å². The van der Waals surface area contributed by atoms with Crippen molar-refractivity contribution in [3.63, 3.8) is 0 Å². The number of carbonyl (C=O) groups excluding carboxylic acids is 2. The van der Waals surface area contributed by atoms with Crippen molar-refractivity contribution in [1.82, 2.24) is 5.06 Å². The summed E-state index contributed by atoms with van der Waals surface area (Å²) in [5.74, 6) is -0.341. The first kappa shape index (κ1) is 11.4. The first-order valence-corrected chi connectivity index (χ1v) is 5.88. The maximum atomic E-state index is 11.9. The van der Waals surface area contributed by atoms with Gasteiger partial charge < -0.3 is 9.57 Å². The summed E-state index contributed by atoms with van der Waals surface area (Å²) in [6, 6.07) is 8.74. The lowest BCUT2D eigenvalue weighted by atomic mass is 9.94. The highest BCUT2D eigenvalue weighted by Crippen LogP contribution is 2.33. The smallest absolute Gasteiger partial charge is 0.357 e. The van der Waals surface area contributed by atoms with Crippen molar-refractivity contribution in [2.24, 2.45) is 0 Å². The highest BCUT2D eigenvalue weighted by Gasteiger charge is 2.56. The second kappa shape index (κ2) is 4.19. The number of rotatable bonds is 2. The molecule has 5 nitrogen and oxygen atoms in total. The Morgan fingerprint density at radius 2 is 2.00 bits per heavy atom. The molecule has 2 heterocycles. The van der Waals surface area contributed by atoms with Crippen molar-refractivity contribution in [2.45, 2.75) is 12.0 Å². The van der Waals surface area contributed by atoms with Crippen molar-refractivity contribution in [2.75, 3.05) is 19.8 Å². The van der Waals surface area contributed by atoms with E-state index in [0.29, 0.717) is 31.7 Å². The van der Waals surface area contributed by atoms with Gasteiger partial charge in [-0.05, 0) is 12.1 Å². The maximum Gasteiger partial charge on any atom is 0.357 e. The van der Waals surface area contributed by atoms with Gasteiger partial charge in [-0.15, -0.1) is 5.06 Å². The second-order valence-corrected chi connectivity index (χ2v) is 4.54. The van der Waals surface area contributed by atoms with E-state index < -0.39 is 11.5 Å². The number of hydroxylamine groups is 2. The van der Waals surface area contributed by atoms with E-state index in [4.69, 9.17) is 9.57 Å². The fraction of sp³-hybridized carbons (Fsp3) is 0.385. The van der Waals surface area contributed by atoms with Gasteiger partial charge in [0.15, 0.2) is 11.3 Å². The summed E-state index contributed by atoms with van der Waals surface area (Å²) in [5.41, 5.74) is -0.239. The van der Waals surface area contributed by atoms with Gasteiger partial charge in [-0.2, -0.15) is 0 Å². The average molecular weight is 247 g/mol. The van der Waals surface area contributed by atoms with Crippen LogP contribution in [-0.4, -0.2) is 42.1 Å². The minimum absolute atomic E-state index is 0.0922. The lowest BCUT2D eigenvalue weighted by Gasteiger charge is -2.41. The van der Waals surface area contributed by atoms with Gasteiger partial charge in [0.1, 0.15) is 0 Å². The third-order valence-electron chi connectivity index (χ3n) is 3.42. The Hall–Kier alpha value is -1.72. The van der Waals surface area contributed by atoms with Crippen molar-refractivity contribution in [1.29, 1.82) is 0 Å². The molecule has 0 aliphatic carbocycles. The zero-order valence-corrected chi connectivity index (χ0v) is 9.80. The molecular weight excluding hydrogens is 234 g/mol. The van der Waals surface area contributed by atoms with E-state index in [0.717, 1.165) is 0 Å². The van der Waals surface area contributed by atoms with Crippen LogP contribution in [-0.2, 0) is 14.4 Å². The van der Waals surface area contributed by atoms with Crippen molar-refractivity contribution >= 4 is 11.8 Å². The molecule has 0 atom stereocenters. The lowest BCUT2D eigenvalue weighted by molar-refractivity contribution is -0.230. The van der Waals surface area contributed by atoms with E-state index in [9.17, 15) is 9.59 Å². The number of hydrogen-bond donors (Lipinski definition) is 0. The first-order chi connectivity index (χ1) is 8.72. The SMILES string of the molecule is O=C(ON1CCC(=O)C12COC2)c1ccccc1. The Morgan fingerprint density at radius 1 is 1.28 bits per heavy atom. The largest absolute Gasteiger partial charge is 0.376 e. The molecular formula is C13H13NO4. The standard InChI is InChI=1S/C13H13NO4/c15-11-6-7-14(13(11)8-17-9-13)18-12(16)10-4-2-1-3-5-10/h1-5H,6-9H2. The summed E-state index contributed by atoms with van der Waals surface area (Å²) in [5, 5.41) is 1.48. The highest BCUT2D eigenvalue weighted by atomic mass is 16.7. The Bertz CT molecular complexity index is 481. The Balaban J connectivity index is 1.74. The molecule has 5 heteroatoms. The third-order valence-corrected chi connectivity index (χ3v) is 3.42. The van der Waals surface area contributed by atoms with Crippen molar-refractivity contribution in [3.05, 3.63) is 35.9 Å². The molecule has 94 valence electrons. The number of hydrogen-bond acceptors (Lipinski definition) is 5. The molecule has 2 aliphatic heterocycles. The summed E-state index contributed by atoms with van der Waals surface area (Å²) >= 11 is 0. The molecule has 18 heavy (non-hydrogen) atoms. The van der Waals surface area contributed by atoms with Crippen LogP contribution in [0.4, 0.5) is 0 Å².